The fourth-order valence-corrected chi connectivity index (χ4v) is 4.12. The number of carbonyl (C=O) groups excluding carboxylic acids is 1. The average molecular weight is 375 g/mol. The molecule has 0 saturated carbocycles. The fourth-order valence-electron chi connectivity index (χ4n) is 3.40. The number of thiophene rings is 1. The third kappa shape index (κ3) is 3.58. The van der Waals surface area contributed by atoms with Gasteiger partial charge in [-0.2, -0.15) is 0 Å². The number of aryl methyl sites for hydroxylation is 3. The van der Waals surface area contributed by atoms with Crippen LogP contribution in [0, 0.1) is 20.8 Å². The molecule has 4 heteroatoms. The number of fused-ring (bicyclic) bond motifs is 1. The molecule has 2 aromatic carbocycles. The van der Waals surface area contributed by atoms with Gasteiger partial charge in [-0.05, 0) is 61.0 Å². The zero-order chi connectivity index (χ0) is 19.0. The Morgan fingerprint density at radius 1 is 1.04 bits per heavy atom. The maximum Gasteiger partial charge on any atom is 0.233 e. The first-order chi connectivity index (χ1) is 13.0. The van der Waals surface area contributed by atoms with Gasteiger partial charge in [0.25, 0.3) is 0 Å². The van der Waals surface area contributed by atoms with Gasteiger partial charge in [-0.1, -0.05) is 35.9 Å². The summed E-state index contributed by atoms with van der Waals surface area (Å²) in [5.41, 5.74) is 7.32. The summed E-state index contributed by atoms with van der Waals surface area (Å²) >= 11 is 1.63. The van der Waals surface area contributed by atoms with Crippen LogP contribution >= 0.6 is 11.3 Å². The van der Waals surface area contributed by atoms with E-state index in [0.29, 0.717) is 13.0 Å². The van der Waals surface area contributed by atoms with E-state index < -0.39 is 0 Å². The van der Waals surface area contributed by atoms with E-state index in [0.717, 1.165) is 27.5 Å². The van der Waals surface area contributed by atoms with Crippen molar-refractivity contribution >= 4 is 34.3 Å². The molecule has 0 saturated heterocycles. The van der Waals surface area contributed by atoms with E-state index in [-0.39, 0.29) is 5.91 Å². The minimum absolute atomic E-state index is 0.0886. The molecular weight excluding hydrogens is 352 g/mol. The molecule has 0 unspecified atom stereocenters. The van der Waals surface area contributed by atoms with Crippen molar-refractivity contribution < 1.29 is 4.79 Å². The minimum Gasteiger partial charge on any atom is -0.306 e. The summed E-state index contributed by atoms with van der Waals surface area (Å²) in [5, 5.41) is 2.03. The van der Waals surface area contributed by atoms with E-state index in [9.17, 15) is 4.79 Å². The van der Waals surface area contributed by atoms with E-state index in [2.05, 4.69) is 51.1 Å². The zero-order valence-electron chi connectivity index (χ0n) is 15.8. The quantitative estimate of drug-likeness (QED) is 0.576. The van der Waals surface area contributed by atoms with Gasteiger partial charge in [0.2, 0.25) is 5.91 Å². The van der Waals surface area contributed by atoms with Crippen molar-refractivity contribution in [2.45, 2.75) is 33.7 Å². The number of amides is 1. The maximum absolute atomic E-state index is 13.2. The van der Waals surface area contributed by atoms with Gasteiger partial charge < -0.3 is 4.90 Å². The molecule has 1 aromatic heterocycles. The molecule has 1 aliphatic rings. The highest BCUT2D eigenvalue weighted by Crippen LogP contribution is 2.36. The predicted octanol–water partition coefficient (Wildman–Crippen LogP) is 5.73. The van der Waals surface area contributed by atoms with Gasteiger partial charge in [0, 0.05) is 4.88 Å². The molecule has 1 aliphatic heterocycles. The summed E-state index contributed by atoms with van der Waals surface area (Å²) in [4.78, 5) is 21.1. The highest BCUT2D eigenvalue weighted by Gasteiger charge is 2.26. The molecule has 0 atom stereocenters. The molecule has 0 fully saturated rings. The predicted molar refractivity (Wildman–Crippen MR) is 113 cm³/mol. The lowest BCUT2D eigenvalue weighted by molar-refractivity contribution is -0.117. The monoisotopic (exact) mass is 374 g/mol. The van der Waals surface area contributed by atoms with Gasteiger partial charge in [0.05, 0.1) is 30.1 Å². The van der Waals surface area contributed by atoms with Gasteiger partial charge in [0.15, 0.2) is 0 Å². The van der Waals surface area contributed by atoms with Crippen LogP contribution in [0.3, 0.4) is 0 Å². The van der Waals surface area contributed by atoms with Crippen molar-refractivity contribution in [3.63, 3.8) is 0 Å². The largest absolute Gasteiger partial charge is 0.306 e. The number of nitrogens with zero attached hydrogens (tertiary/aromatic N) is 2. The van der Waals surface area contributed by atoms with Crippen LogP contribution in [0.1, 0.15) is 33.6 Å². The average Bonchev–Trinajstić information content (AvgIpc) is 3.13. The van der Waals surface area contributed by atoms with Crippen LogP contribution in [0.4, 0.5) is 11.4 Å². The Morgan fingerprint density at radius 3 is 2.59 bits per heavy atom. The topological polar surface area (TPSA) is 32.7 Å². The lowest BCUT2D eigenvalue weighted by Crippen LogP contribution is -2.31. The summed E-state index contributed by atoms with van der Waals surface area (Å²) in [5.74, 6) is 0.0886. The molecule has 2 heterocycles. The minimum atomic E-state index is 0.0886. The Kier molecular flexibility index (Phi) is 4.66. The molecule has 4 rings (SSSR count). The van der Waals surface area contributed by atoms with Crippen molar-refractivity contribution in [1.29, 1.82) is 0 Å². The van der Waals surface area contributed by atoms with E-state index in [1.807, 2.05) is 28.5 Å². The summed E-state index contributed by atoms with van der Waals surface area (Å²) in [6.07, 6.45) is 0.319. The van der Waals surface area contributed by atoms with Crippen LogP contribution in [-0.2, 0) is 11.3 Å². The van der Waals surface area contributed by atoms with E-state index in [1.165, 1.54) is 16.7 Å². The number of aliphatic imine (C=N–C) groups is 1. The Hall–Kier alpha value is -2.72. The Balaban J connectivity index is 1.81. The molecule has 0 bridgehead atoms. The van der Waals surface area contributed by atoms with Gasteiger partial charge in [-0.3, -0.25) is 4.79 Å². The van der Waals surface area contributed by atoms with Crippen molar-refractivity contribution in [3.05, 3.63) is 81.0 Å². The zero-order valence-corrected chi connectivity index (χ0v) is 16.6. The van der Waals surface area contributed by atoms with Crippen LogP contribution in [0.5, 0.6) is 0 Å². The summed E-state index contributed by atoms with van der Waals surface area (Å²) in [6.45, 7) is 6.81. The lowest BCUT2D eigenvalue weighted by atomic mass is 10.1. The second-order valence-electron chi connectivity index (χ2n) is 7.11. The summed E-state index contributed by atoms with van der Waals surface area (Å²) < 4.78 is 0. The number of rotatable bonds is 3. The van der Waals surface area contributed by atoms with Gasteiger partial charge in [-0.25, -0.2) is 4.99 Å². The highest BCUT2D eigenvalue weighted by atomic mass is 32.1. The highest BCUT2D eigenvalue weighted by molar-refractivity contribution is 7.12. The van der Waals surface area contributed by atoms with Crippen LogP contribution in [-0.4, -0.2) is 11.6 Å². The first kappa shape index (κ1) is 17.7. The fraction of sp³-hybridized carbons (Fsp3) is 0.217. The van der Waals surface area contributed by atoms with Gasteiger partial charge in [-0.15, -0.1) is 11.3 Å². The standard InChI is InChI=1S/C23H22N2OS/c1-15-6-4-7-18(10-15)14-25-21-12-17(3)16(2)11-19(21)24-20(13-23(25)26)22-8-5-9-27-22/h4-12H,13-14H2,1-3H3. The number of hydrogen-bond donors (Lipinski definition) is 0. The Morgan fingerprint density at radius 2 is 1.85 bits per heavy atom. The first-order valence-electron chi connectivity index (χ1n) is 9.10. The Labute approximate surface area is 164 Å². The SMILES string of the molecule is Cc1cccc(CN2C(=O)CC(c3cccs3)=Nc3cc(C)c(C)cc32)c1. The number of benzene rings is 2. The maximum atomic E-state index is 13.2. The molecule has 3 aromatic rings. The second kappa shape index (κ2) is 7.12. The van der Waals surface area contributed by atoms with Crippen molar-refractivity contribution in [2.75, 3.05) is 4.90 Å². The normalized spacial score (nSPS) is 14.0. The van der Waals surface area contributed by atoms with Gasteiger partial charge >= 0.3 is 0 Å². The van der Waals surface area contributed by atoms with Crippen LogP contribution in [0.15, 0.2) is 58.9 Å². The second-order valence-corrected chi connectivity index (χ2v) is 8.05. The van der Waals surface area contributed by atoms with Gasteiger partial charge in [0.1, 0.15) is 0 Å². The molecular formula is C23H22N2OS. The lowest BCUT2D eigenvalue weighted by Gasteiger charge is -2.23. The third-order valence-corrected chi connectivity index (χ3v) is 5.90. The summed E-state index contributed by atoms with van der Waals surface area (Å²) in [6, 6.07) is 16.6. The molecule has 27 heavy (non-hydrogen) atoms. The van der Waals surface area contributed by atoms with Crippen molar-refractivity contribution in [2.24, 2.45) is 4.99 Å². The molecule has 1 amide bonds. The van der Waals surface area contributed by atoms with Crippen LogP contribution in [0.25, 0.3) is 0 Å². The molecule has 0 spiro atoms. The molecule has 0 N–H and O–H groups in total. The number of anilines is 1. The molecule has 0 aliphatic carbocycles. The summed E-state index contributed by atoms with van der Waals surface area (Å²) in [7, 11) is 0. The Bertz CT molecular complexity index is 1030. The smallest absolute Gasteiger partial charge is 0.233 e. The first-order valence-corrected chi connectivity index (χ1v) is 9.98. The van der Waals surface area contributed by atoms with Crippen molar-refractivity contribution in [1.82, 2.24) is 0 Å². The van der Waals surface area contributed by atoms with Crippen molar-refractivity contribution in [3.8, 4) is 0 Å². The molecule has 3 nitrogen and oxygen atoms in total. The number of hydrogen-bond acceptors (Lipinski definition) is 3. The van der Waals surface area contributed by atoms with Crippen LogP contribution in [0.2, 0.25) is 0 Å². The van der Waals surface area contributed by atoms with E-state index >= 15 is 0 Å². The van der Waals surface area contributed by atoms with Crippen LogP contribution < -0.4 is 4.90 Å². The van der Waals surface area contributed by atoms with E-state index in [4.69, 9.17) is 4.99 Å². The molecule has 0 radical (unpaired) electrons. The van der Waals surface area contributed by atoms with E-state index in [1.54, 1.807) is 11.3 Å². The molecule has 136 valence electrons. The third-order valence-electron chi connectivity index (χ3n) is 4.99. The number of carbonyl (C=O) groups is 1.